The van der Waals surface area contributed by atoms with E-state index >= 15 is 0 Å². The Morgan fingerprint density at radius 3 is 2.96 bits per heavy atom. The molecule has 3 rings (SSSR count). The Kier molecular flexibility index (Phi) is 4.61. The lowest BCUT2D eigenvalue weighted by Crippen LogP contribution is -2.41. The summed E-state index contributed by atoms with van der Waals surface area (Å²) in [5.41, 5.74) is 5.72. The molecule has 1 aliphatic heterocycles. The Morgan fingerprint density at radius 2 is 2.26 bits per heavy atom. The molecule has 0 aromatic carbocycles. The van der Waals surface area contributed by atoms with Crippen LogP contribution in [0.5, 0.6) is 0 Å². The molecular weight excluding hydrogens is 318 g/mol. The van der Waals surface area contributed by atoms with Crippen LogP contribution < -0.4 is 16.0 Å². The van der Waals surface area contributed by atoms with Gasteiger partial charge in [0, 0.05) is 32.0 Å². The predicted octanol–water partition coefficient (Wildman–Crippen LogP) is 1.08. The van der Waals surface area contributed by atoms with E-state index in [1.54, 1.807) is 18.5 Å². The molecule has 0 radical (unpaired) electrons. The molecule has 1 amide bonds. The van der Waals surface area contributed by atoms with Gasteiger partial charge in [-0.1, -0.05) is 11.6 Å². The van der Waals surface area contributed by atoms with E-state index in [2.05, 4.69) is 30.4 Å². The number of nitrogens with zero attached hydrogens (tertiary/aromatic N) is 4. The zero-order valence-electron chi connectivity index (χ0n) is 12.5. The summed E-state index contributed by atoms with van der Waals surface area (Å²) in [5.74, 6) is 0.887. The lowest BCUT2D eigenvalue weighted by atomic mass is 9.98. The normalized spacial score (nSPS) is 18.0. The van der Waals surface area contributed by atoms with Crippen LogP contribution >= 0.6 is 11.6 Å². The number of carbonyl (C=O) groups is 1. The lowest BCUT2D eigenvalue weighted by Gasteiger charge is -2.32. The van der Waals surface area contributed by atoms with Crippen LogP contribution in [0.2, 0.25) is 5.02 Å². The molecule has 9 heteroatoms. The van der Waals surface area contributed by atoms with Gasteiger partial charge >= 0.3 is 0 Å². The van der Waals surface area contributed by atoms with Crippen molar-refractivity contribution >= 4 is 29.3 Å². The highest BCUT2D eigenvalue weighted by atomic mass is 35.5. The van der Waals surface area contributed by atoms with Gasteiger partial charge in [0.05, 0.1) is 0 Å². The highest BCUT2D eigenvalue weighted by molar-refractivity contribution is 6.35. The van der Waals surface area contributed by atoms with Gasteiger partial charge < -0.3 is 16.0 Å². The van der Waals surface area contributed by atoms with Crippen LogP contribution in [0.25, 0.3) is 0 Å². The molecule has 3 heterocycles. The molecule has 1 fully saturated rings. The summed E-state index contributed by atoms with van der Waals surface area (Å²) in [6.07, 6.45) is 5.55. The van der Waals surface area contributed by atoms with Crippen LogP contribution in [-0.2, 0) is 0 Å². The van der Waals surface area contributed by atoms with E-state index in [0.29, 0.717) is 12.5 Å². The number of aromatic nitrogens is 4. The van der Waals surface area contributed by atoms with E-state index in [-0.39, 0.29) is 22.4 Å². The summed E-state index contributed by atoms with van der Waals surface area (Å²) in [7, 11) is 0. The van der Waals surface area contributed by atoms with Crippen LogP contribution in [0.4, 0.5) is 11.8 Å². The quantitative estimate of drug-likeness (QED) is 0.770. The van der Waals surface area contributed by atoms with Crippen LogP contribution in [0.1, 0.15) is 23.3 Å². The van der Waals surface area contributed by atoms with Crippen molar-refractivity contribution in [3.05, 3.63) is 29.2 Å². The molecule has 0 bridgehead atoms. The molecule has 0 saturated carbocycles. The SMILES string of the molecule is Nc1n[nH]c(C(=O)NC[C@@H]2CCCN(c3ncccn3)C2)c1Cl. The van der Waals surface area contributed by atoms with Gasteiger partial charge in [0.15, 0.2) is 5.82 Å². The molecule has 122 valence electrons. The summed E-state index contributed by atoms with van der Waals surface area (Å²) in [5, 5.41) is 9.30. The third kappa shape index (κ3) is 3.53. The first-order valence-electron chi connectivity index (χ1n) is 7.44. The number of halogens is 1. The molecule has 0 aliphatic carbocycles. The molecule has 0 spiro atoms. The van der Waals surface area contributed by atoms with Gasteiger partial charge in [-0.2, -0.15) is 5.10 Å². The monoisotopic (exact) mass is 335 g/mol. The third-order valence-electron chi connectivity index (χ3n) is 3.86. The standard InChI is InChI=1S/C14H18ClN7O/c15-10-11(20-21-12(10)16)13(23)19-7-9-3-1-6-22(8-9)14-17-4-2-5-18-14/h2,4-5,9H,1,3,6-8H2,(H,19,23)(H3,16,20,21)/t9-/m0/s1. The number of amides is 1. The lowest BCUT2D eigenvalue weighted by molar-refractivity contribution is 0.0940. The van der Waals surface area contributed by atoms with Gasteiger partial charge in [0.2, 0.25) is 5.95 Å². The molecule has 8 nitrogen and oxygen atoms in total. The molecule has 4 N–H and O–H groups in total. The average molecular weight is 336 g/mol. The van der Waals surface area contributed by atoms with Crippen molar-refractivity contribution in [2.24, 2.45) is 5.92 Å². The molecular formula is C14H18ClN7O. The maximum atomic E-state index is 12.1. The summed E-state index contributed by atoms with van der Waals surface area (Å²) in [6, 6.07) is 1.80. The number of H-pyrrole nitrogens is 1. The molecule has 2 aromatic heterocycles. The number of carbonyl (C=O) groups excluding carboxylic acids is 1. The van der Waals surface area contributed by atoms with Crippen molar-refractivity contribution in [1.82, 2.24) is 25.5 Å². The number of rotatable bonds is 4. The third-order valence-corrected chi connectivity index (χ3v) is 4.25. The second-order valence-electron chi connectivity index (χ2n) is 5.51. The van der Waals surface area contributed by atoms with E-state index in [1.807, 2.05) is 0 Å². The molecule has 1 saturated heterocycles. The van der Waals surface area contributed by atoms with Gasteiger partial charge in [-0.25, -0.2) is 9.97 Å². The minimum absolute atomic E-state index is 0.127. The minimum Gasteiger partial charge on any atom is -0.381 e. The minimum atomic E-state index is -0.299. The number of nitrogens with two attached hydrogens (primary N) is 1. The fraction of sp³-hybridized carbons (Fsp3) is 0.429. The Morgan fingerprint density at radius 1 is 1.48 bits per heavy atom. The molecule has 1 atom stereocenters. The van der Waals surface area contributed by atoms with Crippen molar-refractivity contribution in [2.75, 3.05) is 30.3 Å². The number of nitrogen functional groups attached to an aromatic ring is 1. The van der Waals surface area contributed by atoms with Crippen LogP contribution in [0.15, 0.2) is 18.5 Å². The number of hydrogen-bond donors (Lipinski definition) is 3. The largest absolute Gasteiger partial charge is 0.381 e. The first-order chi connectivity index (χ1) is 11.1. The summed E-state index contributed by atoms with van der Waals surface area (Å²) < 4.78 is 0. The Hall–Kier alpha value is -2.35. The fourth-order valence-corrected chi connectivity index (χ4v) is 2.86. The van der Waals surface area contributed by atoms with Gasteiger partial charge in [-0.05, 0) is 24.8 Å². The maximum absolute atomic E-state index is 12.1. The van der Waals surface area contributed by atoms with Crippen molar-refractivity contribution < 1.29 is 4.79 Å². The number of hydrogen-bond acceptors (Lipinski definition) is 6. The first-order valence-corrected chi connectivity index (χ1v) is 7.82. The Balaban J connectivity index is 1.56. The van der Waals surface area contributed by atoms with Crippen molar-refractivity contribution in [2.45, 2.75) is 12.8 Å². The second kappa shape index (κ2) is 6.82. The topological polar surface area (TPSA) is 113 Å². The molecule has 1 aliphatic rings. The predicted molar refractivity (Wildman–Crippen MR) is 87.3 cm³/mol. The fourth-order valence-electron chi connectivity index (χ4n) is 2.69. The zero-order chi connectivity index (χ0) is 16.2. The van der Waals surface area contributed by atoms with Gasteiger partial charge in [0.25, 0.3) is 5.91 Å². The van der Waals surface area contributed by atoms with Crippen molar-refractivity contribution in [1.29, 1.82) is 0 Å². The number of nitrogens with one attached hydrogen (secondary N) is 2. The van der Waals surface area contributed by atoms with Gasteiger partial charge in [-0.3, -0.25) is 9.89 Å². The van der Waals surface area contributed by atoms with Crippen molar-refractivity contribution in [3.63, 3.8) is 0 Å². The van der Waals surface area contributed by atoms with Gasteiger partial charge in [-0.15, -0.1) is 0 Å². The van der Waals surface area contributed by atoms with Gasteiger partial charge in [0.1, 0.15) is 10.7 Å². The summed E-state index contributed by atoms with van der Waals surface area (Å²) in [4.78, 5) is 22.8. The van der Waals surface area contributed by atoms with Crippen LogP contribution in [0, 0.1) is 5.92 Å². The van der Waals surface area contributed by atoms with E-state index in [4.69, 9.17) is 17.3 Å². The Labute approximate surface area is 138 Å². The highest BCUT2D eigenvalue weighted by Crippen LogP contribution is 2.21. The van der Waals surface area contributed by atoms with Crippen molar-refractivity contribution in [3.8, 4) is 0 Å². The average Bonchev–Trinajstić information content (AvgIpc) is 2.93. The van der Waals surface area contributed by atoms with E-state index in [9.17, 15) is 4.79 Å². The first kappa shape index (κ1) is 15.5. The van der Waals surface area contributed by atoms with E-state index in [0.717, 1.165) is 31.9 Å². The van der Waals surface area contributed by atoms with E-state index in [1.165, 1.54) is 0 Å². The number of piperidine rings is 1. The highest BCUT2D eigenvalue weighted by Gasteiger charge is 2.23. The smallest absolute Gasteiger partial charge is 0.270 e. The van der Waals surface area contributed by atoms with Crippen LogP contribution in [-0.4, -0.2) is 45.7 Å². The zero-order valence-corrected chi connectivity index (χ0v) is 13.3. The van der Waals surface area contributed by atoms with E-state index < -0.39 is 0 Å². The summed E-state index contributed by atoms with van der Waals surface area (Å²) >= 11 is 5.92. The summed E-state index contributed by atoms with van der Waals surface area (Å²) in [6.45, 7) is 2.29. The Bertz CT molecular complexity index is 675. The molecule has 0 unspecified atom stereocenters. The second-order valence-corrected chi connectivity index (χ2v) is 5.89. The van der Waals surface area contributed by atoms with Crippen LogP contribution in [0.3, 0.4) is 0 Å². The molecule has 2 aromatic rings. The molecule has 23 heavy (non-hydrogen) atoms. The maximum Gasteiger partial charge on any atom is 0.270 e. The number of anilines is 2. The number of aromatic amines is 1.